The number of hydrogen-bond donors (Lipinski definition) is 0. The monoisotopic (exact) mass is 686 g/mol. The van der Waals surface area contributed by atoms with E-state index in [2.05, 4.69) is 13.2 Å². The van der Waals surface area contributed by atoms with Gasteiger partial charge in [-0.25, -0.2) is 19.2 Å². The molecule has 3 aromatic carbocycles. The first-order valence-corrected chi connectivity index (χ1v) is 15.9. The molecule has 0 aliphatic carbocycles. The highest BCUT2D eigenvalue weighted by molar-refractivity contribution is 5.92. The van der Waals surface area contributed by atoms with Crippen LogP contribution in [0.2, 0.25) is 0 Å². The third-order valence-corrected chi connectivity index (χ3v) is 6.76. The number of ether oxygens (including phenoxy) is 6. The fraction of sp³-hybridized carbons (Fsp3) is 0.263. The Morgan fingerprint density at radius 2 is 0.760 bits per heavy atom. The van der Waals surface area contributed by atoms with Crippen LogP contribution >= 0.6 is 0 Å². The highest BCUT2D eigenvalue weighted by Crippen LogP contribution is 2.22. The van der Waals surface area contributed by atoms with E-state index in [1.54, 1.807) is 0 Å². The van der Waals surface area contributed by atoms with Crippen LogP contribution in [0.1, 0.15) is 72.1 Å². The molecule has 0 saturated carbocycles. The largest absolute Gasteiger partial charge is 0.463 e. The van der Waals surface area contributed by atoms with E-state index in [-0.39, 0.29) is 60.2 Å². The number of benzene rings is 3. The molecule has 0 radical (unpaired) electrons. The molecule has 0 fully saturated rings. The fourth-order valence-corrected chi connectivity index (χ4v) is 4.15. The van der Waals surface area contributed by atoms with Gasteiger partial charge in [0, 0.05) is 25.0 Å². The molecule has 0 heterocycles. The lowest BCUT2D eigenvalue weighted by atomic mass is 10.2. The second-order valence-corrected chi connectivity index (χ2v) is 10.6. The summed E-state index contributed by atoms with van der Waals surface area (Å²) in [7, 11) is 0. The Bertz CT molecular complexity index is 1500. The van der Waals surface area contributed by atoms with Crippen molar-refractivity contribution >= 4 is 35.8 Å². The van der Waals surface area contributed by atoms with Crippen molar-refractivity contribution in [3.05, 3.63) is 109 Å². The Hall–Kier alpha value is -6.04. The van der Waals surface area contributed by atoms with Gasteiger partial charge in [-0.2, -0.15) is 0 Å². The molecule has 12 heteroatoms. The lowest BCUT2D eigenvalue weighted by Gasteiger charge is -2.08. The van der Waals surface area contributed by atoms with Gasteiger partial charge in [0.2, 0.25) is 0 Å². The maximum Gasteiger partial charge on any atom is 0.343 e. The van der Waals surface area contributed by atoms with Crippen LogP contribution in [0, 0.1) is 0 Å². The Morgan fingerprint density at radius 1 is 0.440 bits per heavy atom. The maximum absolute atomic E-state index is 12.6. The smallest absolute Gasteiger partial charge is 0.343 e. The lowest BCUT2D eigenvalue weighted by Crippen LogP contribution is -2.11. The van der Waals surface area contributed by atoms with Crippen molar-refractivity contribution in [3.63, 3.8) is 0 Å². The highest BCUT2D eigenvalue weighted by atomic mass is 16.6. The van der Waals surface area contributed by atoms with Crippen molar-refractivity contribution in [1.82, 2.24) is 0 Å². The van der Waals surface area contributed by atoms with Crippen LogP contribution in [-0.2, 0) is 28.7 Å². The minimum atomic E-state index is -0.642. The van der Waals surface area contributed by atoms with Crippen molar-refractivity contribution in [2.45, 2.75) is 51.4 Å². The molecule has 0 saturated heterocycles. The average molecular weight is 687 g/mol. The fourth-order valence-electron chi connectivity index (χ4n) is 4.15. The molecular formula is C38H38O12. The average Bonchev–Trinajstić information content (AvgIpc) is 3.12. The number of unbranched alkanes of at least 4 members (excludes halogenated alkanes) is 4. The predicted octanol–water partition coefficient (Wildman–Crippen LogP) is 6.52. The lowest BCUT2D eigenvalue weighted by molar-refractivity contribution is -0.138. The van der Waals surface area contributed by atoms with Crippen molar-refractivity contribution in [3.8, 4) is 23.0 Å². The Balaban J connectivity index is 1.36. The number of carbonyl (C=O) groups excluding carboxylic acids is 6. The molecule has 0 aliphatic heterocycles. The quantitative estimate of drug-likeness (QED) is 0.0550. The third-order valence-electron chi connectivity index (χ3n) is 6.76. The van der Waals surface area contributed by atoms with Crippen LogP contribution < -0.4 is 18.9 Å². The van der Waals surface area contributed by atoms with Crippen LogP contribution in [0.25, 0.3) is 0 Å². The number of rotatable bonds is 20. The van der Waals surface area contributed by atoms with E-state index in [1.807, 2.05) is 0 Å². The molecule has 0 unspecified atom stereocenters. The van der Waals surface area contributed by atoms with Crippen LogP contribution in [0.3, 0.4) is 0 Å². The summed E-state index contributed by atoms with van der Waals surface area (Å²) in [5.74, 6) is -2.10. The van der Waals surface area contributed by atoms with Crippen LogP contribution in [0.4, 0.5) is 0 Å². The topological polar surface area (TPSA) is 158 Å². The Kier molecular flexibility index (Phi) is 16.2. The molecule has 0 spiro atoms. The standard InChI is InChI=1S/C38H38O12/c1-3-33(39)45-25-9-5-7-11-35(41)47-29-17-13-27(14-18-29)37(43)49-31-21-23-32(24-22-31)50-38(44)28-15-19-30(20-16-28)48-36(42)12-8-6-10-26-46-34(40)4-2/h3-4,13-24H,1-2,5-12,25-26H2. The third kappa shape index (κ3) is 14.4. The summed E-state index contributed by atoms with van der Waals surface area (Å²) in [6, 6.07) is 17.7. The van der Waals surface area contributed by atoms with Gasteiger partial charge in [-0.1, -0.05) is 13.2 Å². The van der Waals surface area contributed by atoms with Crippen LogP contribution in [-0.4, -0.2) is 49.0 Å². The maximum atomic E-state index is 12.6. The first-order chi connectivity index (χ1) is 24.2. The Labute approximate surface area is 289 Å². The number of carbonyl (C=O) groups is 6. The summed E-state index contributed by atoms with van der Waals surface area (Å²) in [5, 5.41) is 0. The zero-order valence-electron chi connectivity index (χ0n) is 27.5. The van der Waals surface area contributed by atoms with Crippen molar-refractivity contribution in [2.75, 3.05) is 13.2 Å². The van der Waals surface area contributed by atoms with E-state index in [1.165, 1.54) is 72.8 Å². The molecule has 0 atom stereocenters. The SMILES string of the molecule is C=CC(=O)OCCCCCC(=O)Oc1ccc(C(=O)Oc2ccc(OC(=O)c3ccc(OC(=O)CCCCCOC(=O)C=C)cc3)cc2)cc1. The first kappa shape index (κ1) is 38.4. The molecule has 0 N–H and O–H groups in total. The zero-order valence-corrected chi connectivity index (χ0v) is 27.5. The molecule has 12 nitrogen and oxygen atoms in total. The van der Waals surface area contributed by atoms with Gasteiger partial charge in [-0.05, 0) is 111 Å². The van der Waals surface area contributed by atoms with Gasteiger partial charge in [0.1, 0.15) is 23.0 Å². The molecule has 0 aromatic heterocycles. The van der Waals surface area contributed by atoms with Gasteiger partial charge in [0.15, 0.2) is 0 Å². The molecule has 3 rings (SSSR count). The van der Waals surface area contributed by atoms with Gasteiger partial charge in [-0.15, -0.1) is 0 Å². The molecule has 262 valence electrons. The highest BCUT2D eigenvalue weighted by Gasteiger charge is 2.13. The van der Waals surface area contributed by atoms with E-state index >= 15 is 0 Å². The van der Waals surface area contributed by atoms with Crippen molar-refractivity contribution < 1.29 is 57.2 Å². The minimum Gasteiger partial charge on any atom is -0.463 e. The normalized spacial score (nSPS) is 10.2. The van der Waals surface area contributed by atoms with E-state index in [0.717, 1.165) is 12.2 Å². The van der Waals surface area contributed by atoms with Crippen molar-refractivity contribution in [2.24, 2.45) is 0 Å². The van der Waals surface area contributed by atoms with Gasteiger partial charge in [0.25, 0.3) is 0 Å². The molecule has 3 aromatic rings. The summed E-state index contributed by atoms with van der Waals surface area (Å²) in [5.41, 5.74) is 0.458. The van der Waals surface area contributed by atoms with Crippen LogP contribution in [0.15, 0.2) is 98.1 Å². The molecule has 0 amide bonds. The molecular weight excluding hydrogens is 648 g/mol. The summed E-state index contributed by atoms with van der Waals surface area (Å²) in [4.78, 5) is 71.4. The van der Waals surface area contributed by atoms with Gasteiger partial charge >= 0.3 is 35.8 Å². The van der Waals surface area contributed by atoms with Crippen molar-refractivity contribution in [1.29, 1.82) is 0 Å². The number of hydrogen-bond acceptors (Lipinski definition) is 12. The first-order valence-electron chi connectivity index (χ1n) is 15.9. The van der Waals surface area contributed by atoms with Crippen LogP contribution in [0.5, 0.6) is 23.0 Å². The summed E-state index contributed by atoms with van der Waals surface area (Å²) in [6.45, 7) is 7.16. The van der Waals surface area contributed by atoms with E-state index < -0.39 is 35.8 Å². The molecule has 0 bridgehead atoms. The second-order valence-electron chi connectivity index (χ2n) is 10.6. The summed E-state index contributed by atoms with van der Waals surface area (Å²) < 4.78 is 31.1. The zero-order chi connectivity index (χ0) is 36.1. The summed E-state index contributed by atoms with van der Waals surface area (Å²) in [6.07, 6.45) is 6.33. The summed E-state index contributed by atoms with van der Waals surface area (Å²) >= 11 is 0. The van der Waals surface area contributed by atoms with Gasteiger partial charge in [-0.3, -0.25) is 9.59 Å². The minimum absolute atomic E-state index is 0.191. The predicted molar refractivity (Wildman–Crippen MR) is 180 cm³/mol. The molecule has 50 heavy (non-hydrogen) atoms. The van der Waals surface area contributed by atoms with E-state index in [9.17, 15) is 28.8 Å². The number of esters is 6. The Morgan fingerprint density at radius 3 is 1.10 bits per heavy atom. The van der Waals surface area contributed by atoms with Gasteiger partial charge < -0.3 is 28.4 Å². The second kappa shape index (κ2) is 21.0. The molecule has 0 aliphatic rings. The van der Waals surface area contributed by atoms with E-state index in [4.69, 9.17) is 28.4 Å². The van der Waals surface area contributed by atoms with E-state index in [0.29, 0.717) is 38.5 Å². The van der Waals surface area contributed by atoms with Gasteiger partial charge in [0.05, 0.1) is 24.3 Å².